The average Bonchev–Trinajstić information content (AvgIpc) is 2.63. The topological polar surface area (TPSA) is 24.5 Å². The van der Waals surface area contributed by atoms with Crippen LogP contribution in [0.5, 0.6) is 5.75 Å². The maximum absolute atomic E-state index is 12.5. The third-order valence-corrected chi connectivity index (χ3v) is 5.04. The van der Waals surface area contributed by atoms with Crippen molar-refractivity contribution in [1.82, 2.24) is 10.2 Å². The Morgan fingerprint density at radius 3 is 1.73 bits per heavy atom. The van der Waals surface area contributed by atoms with E-state index in [9.17, 15) is 13.2 Å². The molecular formula is C22H29Cl2F3N2O. The first-order chi connectivity index (χ1) is 13.1. The molecule has 0 aromatic heterocycles. The van der Waals surface area contributed by atoms with Crippen molar-refractivity contribution in [2.45, 2.75) is 38.6 Å². The normalized spacial score (nSPS) is 16.2. The minimum absolute atomic E-state index is 0. The summed E-state index contributed by atoms with van der Waals surface area (Å²) < 4.78 is 41.4. The van der Waals surface area contributed by atoms with Gasteiger partial charge in [0.15, 0.2) is 0 Å². The lowest BCUT2D eigenvalue weighted by Crippen LogP contribution is -2.45. The molecule has 1 fully saturated rings. The van der Waals surface area contributed by atoms with E-state index in [4.69, 9.17) is 0 Å². The molecule has 8 heteroatoms. The van der Waals surface area contributed by atoms with Crippen LogP contribution < -0.4 is 10.1 Å². The van der Waals surface area contributed by atoms with E-state index >= 15 is 0 Å². The Balaban J connectivity index is 0.00000225. The molecular weight excluding hydrogens is 436 g/mol. The summed E-state index contributed by atoms with van der Waals surface area (Å²) in [7, 11) is 0. The summed E-state index contributed by atoms with van der Waals surface area (Å²) in [6.45, 7) is 10.1. The Hall–Kier alpha value is -1.47. The monoisotopic (exact) mass is 464 g/mol. The van der Waals surface area contributed by atoms with Crippen LogP contribution in [0, 0.1) is 0 Å². The highest BCUT2D eigenvalue weighted by Gasteiger charge is 2.31. The summed E-state index contributed by atoms with van der Waals surface area (Å²) >= 11 is 0. The van der Waals surface area contributed by atoms with Gasteiger partial charge in [-0.15, -0.1) is 38.0 Å². The van der Waals surface area contributed by atoms with Gasteiger partial charge in [0.2, 0.25) is 0 Å². The number of piperazine rings is 1. The van der Waals surface area contributed by atoms with Crippen LogP contribution in [0.4, 0.5) is 13.2 Å². The molecule has 0 spiro atoms. The third-order valence-electron chi connectivity index (χ3n) is 5.04. The maximum atomic E-state index is 12.5. The van der Waals surface area contributed by atoms with E-state index in [1.807, 2.05) is 0 Å². The zero-order chi connectivity index (χ0) is 20.4. The highest BCUT2D eigenvalue weighted by atomic mass is 35.5. The number of hydrogen-bond donors (Lipinski definition) is 1. The van der Waals surface area contributed by atoms with Gasteiger partial charge >= 0.3 is 6.36 Å². The summed E-state index contributed by atoms with van der Waals surface area (Å²) in [5.74, 6) is -0.196. The van der Waals surface area contributed by atoms with E-state index in [2.05, 4.69) is 60.0 Å². The number of benzene rings is 2. The molecule has 0 radical (unpaired) electrons. The van der Waals surface area contributed by atoms with E-state index < -0.39 is 6.36 Å². The van der Waals surface area contributed by atoms with Crippen molar-refractivity contribution < 1.29 is 17.9 Å². The first-order valence-electron chi connectivity index (χ1n) is 9.54. The van der Waals surface area contributed by atoms with Crippen LogP contribution in [-0.2, 0) is 5.41 Å². The van der Waals surface area contributed by atoms with Crippen LogP contribution in [0.15, 0.2) is 48.5 Å². The van der Waals surface area contributed by atoms with Crippen LogP contribution in [0.2, 0.25) is 0 Å². The van der Waals surface area contributed by atoms with Crippen LogP contribution in [-0.4, -0.2) is 37.4 Å². The smallest absolute Gasteiger partial charge is 0.406 e. The Labute approximate surface area is 188 Å². The Morgan fingerprint density at radius 1 is 0.833 bits per heavy atom. The number of alkyl halides is 3. The summed E-state index contributed by atoms with van der Waals surface area (Å²) in [6, 6.07) is 14.8. The van der Waals surface area contributed by atoms with Crippen molar-refractivity contribution in [2.75, 3.05) is 26.2 Å². The number of hydrogen-bond acceptors (Lipinski definition) is 3. The molecule has 1 aliphatic heterocycles. The second-order valence-corrected chi connectivity index (χ2v) is 8.18. The molecule has 3 nitrogen and oxygen atoms in total. The number of nitrogens with zero attached hydrogens (tertiary/aromatic N) is 1. The van der Waals surface area contributed by atoms with Crippen LogP contribution in [0.25, 0.3) is 0 Å². The van der Waals surface area contributed by atoms with Crippen LogP contribution in [0.3, 0.4) is 0 Å². The van der Waals surface area contributed by atoms with E-state index in [-0.39, 0.29) is 42.0 Å². The van der Waals surface area contributed by atoms with Gasteiger partial charge in [-0.2, -0.15) is 0 Å². The van der Waals surface area contributed by atoms with Crippen molar-refractivity contribution in [3.05, 3.63) is 65.2 Å². The fourth-order valence-electron chi connectivity index (χ4n) is 3.57. The lowest BCUT2D eigenvalue weighted by Gasteiger charge is -2.36. The van der Waals surface area contributed by atoms with Gasteiger partial charge in [-0.05, 0) is 34.2 Å². The Morgan fingerprint density at radius 2 is 1.30 bits per heavy atom. The Bertz CT molecular complexity index is 769. The van der Waals surface area contributed by atoms with Crippen molar-refractivity contribution >= 4 is 24.8 Å². The minimum Gasteiger partial charge on any atom is -0.406 e. The predicted octanol–water partition coefficient (Wildman–Crippen LogP) is 5.72. The summed E-state index contributed by atoms with van der Waals surface area (Å²) in [4.78, 5) is 2.36. The van der Waals surface area contributed by atoms with E-state index in [0.29, 0.717) is 0 Å². The van der Waals surface area contributed by atoms with Gasteiger partial charge in [-0.1, -0.05) is 57.2 Å². The molecule has 168 valence electrons. The van der Waals surface area contributed by atoms with Gasteiger partial charge in [0.1, 0.15) is 5.75 Å². The zero-order valence-corrected chi connectivity index (χ0v) is 19.0. The van der Waals surface area contributed by atoms with Crippen molar-refractivity contribution in [3.63, 3.8) is 0 Å². The number of ether oxygens (including phenoxy) is 1. The molecule has 1 saturated heterocycles. The first kappa shape index (κ1) is 26.6. The lowest BCUT2D eigenvalue weighted by atomic mass is 9.85. The molecule has 2 aromatic rings. The second-order valence-electron chi connectivity index (χ2n) is 8.18. The Kier molecular flexibility index (Phi) is 9.49. The molecule has 1 N–H and O–H groups in total. The molecule has 1 heterocycles. The van der Waals surface area contributed by atoms with Gasteiger partial charge in [0, 0.05) is 26.2 Å². The largest absolute Gasteiger partial charge is 0.573 e. The SMILES string of the molecule is CC(C)(C)c1ccc([C@@H](c2ccc(OC(F)(F)F)cc2)N2CCNCC2)cc1.Cl.Cl. The number of halogens is 5. The molecule has 0 unspecified atom stereocenters. The summed E-state index contributed by atoms with van der Waals surface area (Å²) in [5.41, 5.74) is 3.42. The van der Waals surface area contributed by atoms with Crippen LogP contribution in [0.1, 0.15) is 43.5 Å². The quantitative estimate of drug-likeness (QED) is 0.625. The van der Waals surface area contributed by atoms with Crippen molar-refractivity contribution in [2.24, 2.45) is 0 Å². The van der Waals surface area contributed by atoms with Crippen LogP contribution >= 0.6 is 24.8 Å². The molecule has 0 amide bonds. The average molecular weight is 465 g/mol. The number of rotatable bonds is 4. The fourth-order valence-corrected chi connectivity index (χ4v) is 3.57. The summed E-state index contributed by atoms with van der Waals surface area (Å²) in [6.07, 6.45) is -4.68. The first-order valence-corrected chi connectivity index (χ1v) is 9.54. The highest BCUT2D eigenvalue weighted by molar-refractivity contribution is 5.85. The van der Waals surface area contributed by atoms with Gasteiger partial charge in [0.25, 0.3) is 0 Å². The van der Waals surface area contributed by atoms with Crippen molar-refractivity contribution in [3.8, 4) is 5.75 Å². The van der Waals surface area contributed by atoms with Gasteiger partial charge in [-0.3, -0.25) is 4.90 Å². The van der Waals surface area contributed by atoms with Gasteiger partial charge in [0.05, 0.1) is 6.04 Å². The van der Waals surface area contributed by atoms with E-state index in [0.717, 1.165) is 37.3 Å². The third kappa shape index (κ3) is 7.05. The maximum Gasteiger partial charge on any atom is 0.573 e. The molecule has 2 aromatic carbocycles. The highest BCUT2D eigenvalue weighted by Crippen LogP contribution is 2.33. The minimum atomic E-state index is -4.68. The molecule has 3 rings (SSSR count). The molecule has 1 atom stereocenters. The lowest BCUT2D eigenvalue weighted by molar-refractivity contribution is -0.274. The predicted molar refractivity (Wildman–Crippen MR) is 119 cm³/mol. The van der Waals surface area contributed by atoms with E-state index in [1.165, 1.54) is 17.7 Å². The standard InChI is InChI=1S/C22H27F3N2O.2ClH/c1-21(2,3)18-8-4-16(5-9-18)20(27-14-12-26-13-15-27)17-6-10-19(11-7-17)28-22(23,24)25;;/h4-11,20,26H,12-15H2,1-3H3;2*1H/t20-;;/m0../s1. The van der Waals surface area contributed by atoms with E-state index in [1.54, 1.807) is 12.1 Å². The molecule has 1 aliphatic rings. The van der Waals surface area contributed by atoms with Gasteiger partial charge < -0.3 is 10.1 Å². The molecule has 30 heavy (non-hydrogen) atoms. The fraction of sp³-hybridized carbons (Fsp3) is 0.455. The van der Waals surface area contributed by atoms with Crippen molar-refractivity contribution in [1.29, 1.82) is 0 Å². The second kappa shape index (κ2) is 10.7. The molecule has 0 aliphatic carbocycles. The summed E-state index contributed by atoms with van der Waals surface area (Å²) in [5, 5.41) is 3.35. The molecule has 0 bridgehead atoms. The zero-order valence-electron chi connectivity index (χ0n) is 17.3. The number of nitrogens with one attached hydrogen (secondary N) is 1. The van der Waals surface area contributed by atoms with Gasteiger partial charge in [-0.25, -0.2) is 0 Å². The molecule has 0 saturated carbocycles.